The molecule has 80 valence electrons. The second-order valence-corrected chi connectivity index (χ2v) is 4.41. The molecule has 4 aliphatic carbocycles. The topological polar surface area (TPSA) is 12.0 Å². The molecule has 0 aromatic carbocycles. The lowest BCUT2D eigenvalue weighted by molar-refractivity contribution is 1.02. The Labute approximate surface area is 100 Å². The van der Waals surface area contributed by atoms with Gasteiger partial charge in [-0.1, -0.05) is 48.6 Å². The van der Waals surface area contributed by atoms with E-state index in [2.05, 4.69) is 66.1 Å². The first-order valence-corrected chi connectivity index (χ1v) is 5.81. The van der Waals surface area contributed by atoms with Crippen molar-refractivity contribution >= 4 is 0 Å². The van der Waals surface area contributed by atoms with E-state index < -0.39 is 0 Å². The monoisotopic (exact) mass is 217 g/mol. The van der Waals surface area contributed by atoms with Gasteiger partial charge in [0.15, 0.2) is 0 Å². The summed E-state index contributed by atoms with van der Waals surface area (Å²) in [7, 11) is 0. The van der Waals surface area contributed by atoms with Crippen molar-refractivity contribution < 1.29 is 0 Å². The largest absolute Gasteiger partial charge is 0.355 e. The Morgan fingerprint density at radius 3 is 1.65 bits per heavy atom. The van der Waals surface area contributed by atoms with E-state index in [0.29, 0.717) is 0 Å². The number of rotatable bonds is 2. The van der Waals surface area contributed by atoms with Gasteiger partial charge in [0.25, 0.3) is 0 Å². The van der Waals surface area contributed by atoms with Crippen LogP contribution in [0.25, 0.3) is 0 Å². The molecule has 1 nitrogen and oxygen atoms in total. The van der Waals surface area contributed by atoms with Gasteiger partial charge in [-0.2, -0.15) is 0 Å². The highest BCUT2D eigenvalue weighted by Crippen LogP contribution is 2.34. The minimum absolute atomic E-state index is 1.19. The van der Waals surface area contributed by atoms with Crippen molar-refractivity contribution in [1.29, 1.82) is 0 Å². The predicted molar refractivity (Wildman–Crippen MR) is 69.9 cm³/mol. The summed E-state index contributed by atoms with van der Waals surface area (Å²) >= 11 is 0. The van der Waals surface area contributed by atoms with Gasteiger partial charge < -0.3 is 5.32 Å². The highest BCUT2D eigenvalue weighted by molar-refractivity contribution is 5.68. The summed E-state index contributed by atoms with van der Waals surface area (Å²) in [6.07, 6.45) is 21.4. The highest BCUT2D eigenvalue weighted by Gasteiger charge is 2.21. The lowest BCUT2D eigenvalue weighted by atomic mass is 10.1. The van der Waals surface area contributed by atoms with E-state index in [9.17, 15) is 0 Å². The summed E-state index contributed by atoms with van der Waals surface area (Å²) in [5, 5.41) is 3.52. The standard InChI is InChI=1S/C16H11N/c1-3-11-7-9-15(13(11)5-1)17-16-10-8-12-4-2-6-14(12)16/h1-10,17H. The maximum atomic E-state index is 3.52. The molecule has 0 bridgehead atoms. The molecule has 4 rings (SSSR count). The molecule has 0 unspecified atom stereocenters. The fraction of sp³-hybridized carbons (Fsp3) is 0. The molecule has 4 aliphatic rings. The SMILES string of the molecule is C1=CC2=CC=C(NC3=CC=C4C=CC=C43)C2=C1. The summed E-state index contributed by atoms with van der Waals surface area (Å²) in [5.74, 6) is 0. The van der Waals surface area contributed by atoms with E-state index in [-0.39, 0.29) is 0 Å². The van der Waals surface area contributed by atoms with Gasteiger partial charge in [-0.25, -0.2) is 0 Å². The van der Waals surface area contributed by atoms with E-state index in [1.165, 1.54) is 33.7 Å². The summed E-state index contributed by atoms with van der Waals surface area (Å²) in [5.41, 5.74) is 7.59. The minimum atomic E-state index is 1.19. The maximum absolute atomic E-state index is 3.52. The quantitative estimate of drug-likeness (QED) is 0.749. The average molecular weight is 217 g/mol. The fourth-order valence-corrected chi connectivity index (χ4v) is 2.54. The van der Waals surface area contributed by atoms with Gasteiger partial charge in [-0.05, 0) is 23.3 Å². The van der Waals surface area contributed by atoms with Crippen LogP contribution >= 0.6 is 0 Å². The molecule has 0 saturated carbocycles. The molecule has 0 aromatic heterocycles. The van der Waals surface area contributed by atoms with Crippen LogP contribution in [0, 0.1) is 0 Å². The van der Waals surface area contributed by atoms with E-state index in [1.807, 2.05) is 0 Å². The second kappa shape index (κ2) is 3.11. The lowest BCUT2D eigenvalue weighted by Gasteiger charge is -2.12. The number of fused-ring (bicyclic) bond motifs is 2. The normalized spacial score (nSPS) is 22.6. The molecule has 0 fully saturated rings. The Hall–Kier alpha value is -2.28. The number of hydrogen-bond acceptors (Lipinski definition) is 1. The van der Waals surface area contributed by atoms with Crippen LogP contribution in [-0.2, 0) is 0 Å². The molecule has 17 heavy (non-hydrogen) atoms. The van der Waals surface area contributed by atoms with E-state index >= 15 is 0 Å². The average Bonchev–Trinajstić information content (AvgIpc) is 3.03. The summed E-state index contributed by atoms with van der Waals surface area (Å²) in [4.78, 5) is 0. The van der Waals surface area contributed by atoms with Crippen molar-refractivity contribution in [3.05, 3.63) is 94.4 Å². The third-order valence-electron chi connectivity index (χ3n) is 3.41. The first kappa shape index (κ1) is 8.82. The van der Waals surface area contributed by atoms with Crippen molar-refractivity contribution in [2.24, 2.45) is 0 Å². The molecule has 0 aromatic rings. The Kier molecular flexibility index (Phi) is 1.61. The van der Waals surface area contributed by atoms with Gasteiger partial charge >= 0.3 is 0 Å². The Morgan fingerprint density at radius 2 is 1.12 bits per heavy atom. The Bertz CT molecular complexity index is 598. The van der Waals surface area contributed by atoms with Crippen LogP contribution in [-0.4, -0.2) is 0 Å². The van der Waals surface area contributed by atoms with Crippen LogP contribution in [0.3, 0.4) is 0 Å². The second-order valence-electron chi connectivity index (χ2n) is 4.41. The number of allylic oxidation sites excluding steroid dienone is 12. The molecular formula is C16H11N. The van der Waals surface area contributed by atoms with Crippen molar-refractivity contribution in [2.75, 3.05) is 0 Å². The van der Waals surface area contributed by atoms with Crippen LogP contribution in [0.4, 0.5) is 0 Å². The van der Waals surface area contributed by atoms with Gasteiger partial charge in [0, 0.05) is 22.5 Å². The molecule has 0 atom stereocenters. The molecule has 1 N–H and O–H groups in total. The van der Waals surface area contributed by atoms with Crippen LogP contribution in [0.15, 0.2) is 94.4 Å². The zero-order valence-electron chi connectivity index (χ0n) is 9.27. The first-order valence-electron chi connectivity index (χ1n) is 5.81. The molecule has 1 heteroatoms. The molecule has 0 saturated heterocycles. The zero-order chi connectivity index (χ0) is 11.2. The van der Waals surface area contributed by atoms with Gasteiger partial charge in [-0.3, -0.25) is 0 Å². The molecule has 0 aliphatic heterocycles. The van der Waals surface area contributed by atoms with Crippen LogP contribution in [0.2, 0.25) is 0 Å². The lowest BCUT2D eigenvalue weighted by Crippen LogP contribution is -2.13. The van der Waals surface area contributed by atoms with E-state index in [0.717, 1.165) is 0 Å². The van der Waals surface area contributed by atoms with E-state index in [1.54, 1.807) is 0 Å². The van der Waals surface area contributed by atoms with Crippen molar-refractivity contribution in [2.45, 2.75) is 0 Å². The highest BCUT2D eigenvalue weighted by atomic mass is 14.9. The summed E-state index contributed by atoms with van der Waals surface area (Å²) in [6.45, 7) is 0. The van der Waals surface area contributed by atoms with Crippen molar-refractivity contribution in [1.82, 2.24) is 5.32 Å². The number of hydrogen-bond donors (Lipinski definition) is 1. The van der Waals surface area contributed by atoms with Gasteiger partial charge in [0.1, 0.15) is 0 Å². The smallest absolute Gasteiger partial charge is 0.0464 e. The van der Waals surface area contributed by atoms with Crippen molar-refractivity contribution in [3.63, 3.8) is 0 Å². The fourth-order valence-electron chi connectivity index (χ4n) is 2.54. The third-order valence-corrected chi connectivity index (χ3v) is 3.41. The Morgan fingerprint density at radius 1 is 0.588 bits per heavy atom. The summed E-state index contributed by atoms with van der Waals surface area (Å²) in [6, 6.07) is 0. The first-order chi connectivity index (χ1) is 8.42. The molecule has 0 radical (unpaired) electrons. The molecule has 0 spiro atoms. The molecular weight excluding hydrogens is 206 g/mol. The number of nitrogens with one attached hydrogen (secondary N) is 1. The minimum Gasteiger partial charge on any atom is -0.355 e. The van der Waals surface area contributed by atoms with Gasteiger partial charge in [-0.15, -0.1) is 0 Å². The predicted octanol–water partition coefficient (Wildman–Crippen LogP) is 3.22. The van der Waals surface area contributed by atoms with Crippen molar-refractivity contribution in [3.8, 4) is 0 Å². The zero-order valence-corrected chi connectivity index (χ0v) is 9.27. The Balaban J connectivity index is 1.58. The van der Waals surface area contributed by atoms with Gasteiger partial charge in [0.05, 0.1) is 0 Å². The van der Waals surface area contributed by atoms with Gasteiger partial charge in [0.2, 0.25) is 0 Å². The molecule has 0 heterocycles. The van der Waals surface area contributed by atoms with Crippen LogP contribution in [0.5, 0.6) is 0 Å². The summed E-state index contributed by atoms with van der Waals surface area (Å²) < 4.78 is 0. The maximum Gasteiger partial charge on any atom is 0.0464 e. The van der Waals surface area contributed by atoms with E-state index in [4.69, 9.17) is 0 Å². The van der Waals surface area contributed by atoms with Crippen LogP contribution < -0.4 is 5.32 Å². The third kappa shape index (κ3) is 1.19. The van der Waals surface area contributed by atoms with Crippen LogP contribution in [0.1, 0.15) is 0 Å². The molecule has 0 amide bonds.